The van der Waals surface area contributed by atoms with E-state index < -0.39 is 0 Å². The SMILES string of the molecule is Cc1ccc(/C=N/NC(=O)COc2ccccc2Cl)s1. The average Bonchev–Trinajstić information content (AvgIpc) is 2.83. The van der Waals surface area contributed by atoms with Gasteiger partial charge in [-0.2, -0.15) is 5.10 Å². The molecular weight excluding hydrogens is 296 g/mol. The van der Waals surface area contributed by atoms with Gasteiger partial charge in [-0.25, -0.2) is 5.43 Å². The molecule has 0 bridgehead atoms. The fourth-order valence-corrected chi connectivity index (χ4v) is 2.37. The van der Waals surface area contributed by atoms with Crippen LogP contribution < -0.4 is 10.2 Å². The van der Waals surface area contributed by atoms with Gasteiger partial charge in [0.05, 0.1) is 11.2 Å². The van der Waals surface area contributed by atoms with Gasteiger partial charge in [-0.3, -0.25) is 4.79 Å². The molecule has 0 spiro atoms. The van der Waals surface area contributed by atoms with E-state index in [2.05, 4.69) is 10.5 Å². The topological polar surface area (TPSA) is 50.7 Å². The molecule has 4 nitrogen and oxygen atoms in total. The molecular formula is C14H13ClN2O2S. The number of halogens is 1. The highest BCUT2D eigenvalue weighted by atomic mass is 35.5. The van der Waals surface area contributed by atoms with Crippen molar-refractivity contribution in [2.24, 2.45) is 5.10 Å². The summed E-state index contributed by atoms with van der Waals surface area (Å²) in [5.74, 6) is 0.136. The van der Waals surface area contributed by atoms with Crippen molar-refractivity contribution in [3.63, 3.8) is 0 Å². The highest BCUT2D eigenvalue weighted by Crippen LogP contribution is 2.22. The maximum absolute atomic E-state index is 11.5. The van der Waals surface area contributed by atoms with Gasteiger partial charge >= 0.3 is 0 Å². The minimum atomic E-state index is -0.338. The molecule has 2 aromatic rings. The van der Waals surface area contributed by atoms with Crippen LogP contribution in [0, 0.1) is 6.92 Å². The Morgan fingerprint density at radius 2 is 2.20 bits per heavy atom. The summed E-state index contributed by atoms with van der Waals surface area (Å²) in [6.07, 6.45) is 1.60. The Kier molecular flexibility index (Phi) is 5.15. The Balaban J connectivity index is 1.78. The molecule has 1 aromatic heterocycles. The van der Waals surface area contributed by atoms with Gasteiger partial charge in [-0.1, -0.05) is 23.7 Å². The van der Waals surface area contributed by atoms with Gasteiger partial charge in [0, 0.05) is 9.75 Å². The van der Waals surface area contributed by atoms with Crippen LogP contribution in [0.4, 0.5) is 0 Å². The third-order valence-corrected chi connectivity index (χ3v) is 3.59. The van der Waals surface area contributed by atoms with Gasteiger partial charge in [-0.05, 0) is 31.2 Å². The molecule has 2 rings (SSSR count). The Bertz CT molecular complexity index is 625. The second-order valence-electron chi connectivity index (χ2n) is 3.96. The molecule has 0 aliphatic heterocycles. The molecule has 20 heavy (non-hydrogen) atoms. The lowest BCUT2D eigenvalue weighted by Crippen LogP contribution is -2.24. The van der Waals surface area contributed by atoms with Gasteiger partial charge in [0.2, 0.25) is 0 Å². The van der Waals surface area contributed by atoms with Crippen molar-refractivity contribution in [3.8, 4) is 5.75 Å². The van der Waals surface area contributed by atoms with Gasteiger partial charge in [0.1, 0.15) is 5.75 Å². The summed E-state index contributed by atoms with van der Waals surface area (Å²) < 4.78 is 5.29. The van der Waals surface area contributed by atoms with Crippen LogP contribution in [0.3, 0.4) is 0 Å². The largest absolute Gasteiger partial charge is 0.482 e. The second-order valence-corrected chi connectivity index (χ2v) is 5.69. The first-order valence-corrected chi connectivity index (χ1v) is 7.10. The summed E-state index contributed by atoms with van der Waals surface area (Å²) >= 11 is 7.51. The summed E-state index contributed by atoms with van der Waals surface area (Å²) in [5, 5.41) is 4.33. The van der Waals surface area contributed by atoms with Gasteiger partial charge in [0.15, 0.2) is 6.61 Å². The van der Waals surface area contributed by atoms with Gasteiger partial charge in [-0.15, -0.1) is 11.3 Å². The summed E-state index contributed by atoms with van der Waals surface area (Å²) in [4.78, 5) is 13.7. The molecule has 1 heterocycles. The maximum Gasteiger partial charge on any atom is 0.277 e. The first kappa shape index (κ1) is 14.6. The third-order valence-electron chi connectivity index (χ3n) is 2.34. The van der Waals surface area contributed by atoms with Crippen LogP contribution in [0.2, 0.25) is 5.02 Å². The number of thiophene rings is 1. The molecule has 0 fully saturated rings. The van der Waals surface area contributed by atoms with Crippen LogP contribution in [0.5, 0.6) is 5.75 Å². The number of aryl methyl sites for hydroxylation is 1. The molecule has 0 aliphatic rings. The van der Waals surface area contributed by atoms with Crippen LogP contribution in [0.25, 0.3) is 0 Å². The van der Waals surface area contributed by atoms with Crippen molar-refractivity contribution in [2.75, 3.05) is 6.61 Å². The zero-order chi connectivity index (χ0) is 14.4. The normalized spacial score (nSPS) is 10.7. The van der Waals surface area contributed by atoms with E-state index in [0.717, 1.165) is 4.88 Å². The average molecular weight is 309 g/mol. The molecule has 0 radical (unpaired) electrons. The van der Waals surface area contributed by atoms with E-state index in [1.807, 2.05) is 19.1 Å². The Hall–Kier alpha value is -1.85. The molecule has 104 valence electrons. The highest BCUT2D eigenvalue weighted by molar-refractivity contribution is 7.13. The predicted molar refractivity (Wildman–Crippen MR) is 81.7 cm³/mol. The van der Waals surface area contributed by atoms with E-state index in [4.69, 9.17) is 16.3 Å². The van der Waals surface area contributed by atoms with E-state index in [1.165, 1.54) is 4.88 Å². The maximum atomic E-state index is 11.5. The lowest BCUT2D eigenvalue weighted by atomic mass is 10.3. The van der Waals surface area contributed by atoms with Crippen LogP contribution in [-0.4, -0.2) is 18.7 Å². The number of benzene rings is 1. The van der Waals surface area contributed by atoms with Crippen molar-refractivity contribution in [3.05, 3.63) is 51.2 Å². The van der Waals surface area contributed by atoms with E-state index >= 15 is 0 Å². The van der Waals surface area contributed by atoms with Crippen molar-refractivity contribution in [1.82, 2.24) is 5.43 Å². The molecule has 1 aromatic carbocycles. The highest BCUT2D eigenvalue weighted by Gasteiger charge is 2.04. The molecule has 0 unspecified atom stereocenters. The first-order chi connectivity index (χ1) is 9.65. The molecule has 1 N–H and O–H groups in total. The summed E-state index contributed by atoms with van der Waals surface area (Å²) in [6.45, 7) is 1.88. The van der Waals surface area contributed by atoms with Crippen LogP contribution in [0.15, 0.2) is 41.5 Å². The van der Waals surface area contributed by atoms with Crippen LogP contribution >= 0.6 is 22.9 Å². The quantitative estimate of drug-likeness (QED) is 0.681. The van der Waals surface area contributed by atoms with Crippen LogP contribution in [-0.2, 0) is 4.79 Å². The van der Waals surface area contributed by atoms with E-state index in [0.29, 0.717) is 10.8 Å². The van der Waals surface area contributed by atoms with Crippen molar-refractivity contribution in [1.29, 1.82) is 0 Å². The number of carbonyl (C=O) groups is 1. The van der Waals surface area contributed by atoms with Crippen molar-refractivity contribution in [2.45, 2.75) is 6.92 Å². The fraction of sp³-hybridized carbons (Fsp3) is 0.143. The van der Waals surface area contributed by atoms with Crippen molar-refractivity contribution >= 4 is 35.1 Å². The number of carbonyl (C=O) groups excluding carboxylic acids is 1. The van der Waals surface area contributed by atoms with Gasteiger partial charge < -0.3 is 4.74 Å². The Morgan fingerprint density at radius 1 is 1.40 bits per heavy atom. The molecule has 0 atom stereocenters. The number of hydrogen-bond acceptors (Lipinski definition) is 4. The molecule has 1 amide bonds. The second kappa shape index (κ2) is 7.07. The minimum absolute atomic E-state index is 0.134. The number of amides is 1. The minimum Gasteiger partial charge on any atom is -0.482 e. The van der Waals surface area contributed by atoms with Crippen LogP contribution in [0.1, 0.15) is 9.75 Å². The zero-order valence-corrected chi connectivity index (χ0v) is 12.4. The molecule has 6 heteroatoms. The lowest BCUT2D eigenvalue weighted by Gasteiger charge is -2.06. The molecule has 0 saturated heterocycles. The Morgan fingerprint density at radius 3 is 2.90 bits per heavy atom. The van der Waals surface area contributed by atoms with Gasteiger partial charge in [0.25, 0.3) is 5.91 Å². The molecule has 0 aliphatic carbocycles. The standard InChI is InChI=1S/C14H13ClN2O2S/c1-10-6-7-11(20-10)8-16-17-14(18)9-19-13-5-3-2-4-12(13)15/h2-8H,9H2,1H3,(H,17,18)/b16-8+. The summed E-state index contributed by atoms with van der Waals surface area (Å²) in [7, 11) is 0. The third kappa shape index (κ3) is 4.36. The number of hydrogen-bond donors (Lipinski definition) is 1. The summed E-state index contributed by atoms with van der Waals surface area (Å²) in [5.41, 5.74) is 2.40. The van der Waals surface area contributed by atoms with E-state index in [1.54, 1.807) is 41.8 Å². The van der Waals surface area contributed by atoms with Crippen molar-refractivity contribution < 1.29 is 9.53 Å². The zero-order valence-electron chi connectivity index (χ0n) is 10.8. The smallest absolute Gasteiger partial charge is 0.277 e. The predicted octanol–water partition coefficient (Wildman–Crippen LogP) is 3.24. The number of para-hydroxylation sites is 1. The summed E-state index contributed by atoms with van der Waals surface area (Å²) in [6, 6.07) is 10.9. The number of nitrogens with zero attached hydrogens (tertiary/aromatic N) is 1. The fourth-order valence-electron chi connectivity index (χ4n) is 1.43. The monoisotopic (exact) mass is 308 g/mol. The number of rotatable bonds is 5. The molecule has 0 saturated carbocycles. The number of nitrogens with one attached hydrogen (secondary N) is 1. The number of ether oxygens (including phenoxy) is 1. The van der Waals surface area contributed by atoms with E-state index in [-0.39, 0.29) is 12.5 Å². The number of hydrazone groups is 1. The van der Waals surface area contributed by atoms with E-state index in [9.17, 15) is 4.79 Å². The lowest BCUT2D eigenvalue weighted by molar-refractivity contribution is -0.123. The Labute approximate surface area is 126 Å². The first-order valence-electron chi connectivity index (χ1n) is 5.91.